The lowest BCUT2D eigenvalue weighted by Gasteiger charge is -2.19. The Kier molecular flexibility index (Phi) is 5.16. The van der Waals surface area contributed by atoms with Crippen LogP contribution in [-0.4, -0.2) is 7.05 Å². The van der Waals surface area contributed by atoms with E-state index >= 15 is 0 Å². The summed E-state index contributed by atoms with van der Waals surface area (Å²) in [6, 6.07) is 13.1. The van der Waals surface area contributed by atoms with Crippen LogP contribution in [0.1, 0.15) is 29.7 Å². The van der Waals surface area contributed by atoms with Gasteiger partial charge in [0.2, 0.25) is 0 Å². The lowest BCUT2D eigenvalue weighted by Crippen LogP contribution is -2.20. The van der Waals surface area contributed by atoms with Gasteiger partial charge in [-0.05, 0) is 43.1 Å². The average Bonchev–Trinajstić information content (AvgIpc) is 2.46. The molecule has 1 atom stereocenters. The second-order valence-electron chi connectivity index (χ2n) is 4.85. The number of benzene rings is 2. The molecule has 0 amide bonds. The highest BCUT2D eigenvalue weighted by Crippen LogP contribution is 2.28. The molecule has 20 heavy (non-hydrogen) atoms. The standard InChI is InChI=1S/C17H19ClFN/c1-3-12-7-9-13(10-8-12)11-16(20-2)17-14(18)5-4-6-15(17)19/h4-10,16,20H,3,11H2,1-2H3. The molecule has 106 valence electrons. The largest absolute Gasteiger partial charge is 0.313 e. The Bertz CT molecular complexity index is 545. The summed E-state index contributed by atoms with van der Waals surface area (Å²) < 4.78 is 14.0. The van der Waals surface area contributed by atoms with Crippen LogP contribution in [0, 0.1) is 5.82 Å². The minimum Gasteiger partial charge on any atom is -0.313 e. The van der Waals surface area contributed by atoms with Crippen molar-refractivity contribution in [3.05, 3.63) is 70.0 Å². The van der Waals surface area contributed by atoms with Gasteiger partial charge < -0.3 is 5.32 Å². The first-order valence-corrected chi connectivity index (χ1v) is 7.22. The van der Waals surface area contributed by atoms with Crippen molar-refractivity contribution in [2.24, 2.45) is 0 Å². The van der Waals surface area contributed by atoms with Crippen LogP contribution in [0.4, 0.5) is 4.39 Å². The minimum atomic E-state index is -0.262. The van der Waals surface area contributed by atoms with Gasteiger partial charge in [-0.2, -0.15) is 0 Å². The van der Waals surface area contributed by atoms with Gasteiger partial charge in [-0.15, -0.1) is 0 Å². The SMILES string of the molecule is CCc1ccc(CC(NC)c2c(F)cccc2Cl)cc1. The van der Waals surface area contributed by atoms with Gasteiger partial charge in [-0.25, -0.2) is 4.39 Å². The van der Waals surface area contributed by atoms with Crippen LogP contribution < -0.4 is 5.32 Å². The second-order valence-corrected chi connectivity index (χ2v) is 5.26. The lowest BCUT2D eigenvalue weighted by molar-refractivity contribution is 0.534. The molecule has 0 spiro atoms. The normalized spacial score (nSPS) is 12.4. The third-order valence-corrected chi connectivity index (χ3v) is 3.90. The van der Waals surface area contributed by atoms with Crippen molar-refractivity contribution in [2.45, 2.75) is 25.8 Å². The van der Waals surface area contributed by atoms with Crippen molar-refractivity contribution in [3.63, 3.8) is 0 Å². The summed E-state index contributed by atoms with van der Waals surface area (Å²) in [5.74, 6) is -0.262. The van der Waals surface area contributed by atoms with Gasteiger partial charge in [0.15, 0.2) is 0 Å². The van der Waals surface area contributed by atoms with Crippen LogP contribution in [0.2, 0.25) is 5.02 Å². The van der Waals surface area contributed by atoms with Crippen molar-refractivity contribution in [3.8, 4) is 0 Å². The summed E-state index contributed by atoms with van der Waals surface area (Å²) >= 11 is 6.14. The van der Waals surface area contributed by atoms with E-state index in [1.165, 1.54) is 17.2 Å². The summed E-state index contributed by atoms with van der Waals surface area (Å²) in [6.07, 6.45) is 1.73. The summed E-state index contributed by atoms with van der Waals surface area (Å²) in [5.41, 5.74) is 3.01. The van der Waals surface area contributed by atoms with Gasteiger partial charge in [-0.1, -0.05) is 48.9 Å². The first-order chi connectivity index (χ1) is 9.65. The van der Waals surface area contributed by atoms with E-state index in [0.29, 0.717) is 17.0 Å². The summed E-state index contributed by atoms with van der Waals surface area (Å²) in [6.45, 7) is 2.13. The number of hydrogen-bond acceptors (Lipinski definition) is 1. The van der Waals surface area contributed by atoms with Crippen LogP contribution in [0.3, 0.4) is 0 Å². The van der Waals surface area contributed by atoms with Gasteiger partial charge in [0, 0.05) is 16.6 Å². The van der Waals surface area contributed by atoms with E-state index in [9.17, 15) is 4.39 Å². The molecule has 0 aliphatic rings. The molecule has 2 rings (SSSR count). The van der Waals surface area contributed by atoms with Crippen LogP contribution >= 0.6 is 11.6 Å². The Labute approximate surface area is 124 Å². The molecule has 0 fully saturated rings. The van der Waals surface area contributed by atoms with E-state index in [1.807, 2.05) is 7.05 Å². The molecular formula is C17H19ClFN. The number of nitrogens with one attached hydrogen (secondary N) is 1. The fraction of sp³-hybridized carbons (Fsp3) is 0.294. The molecule has 1 N–H and O–H groups in total. The molecule has 0 radical (unpaired) electrons. The smallest absolute Gasteiger partial charge is 0.129 e. The van der Waals surface area contributed by atoms with E-state index in [4.69, 9.17) is 11.6 Å². The third kappa shape index (κ3) is 3.38. The maximum absolute atomic E-state index is 14.0. The Morgan fingerprint density at radius 3 is 2.30 bits per heavy atom. The summed E-state index contributed by atoms with van der Waals surface area (Å²) in [7, 11) is 1.83. The predicted molar refractivity (Wildman–Crippen MR) is 82.7 cm³/mol. The average molecular weight is 292 g/mol. The van der Waals surface area contributed by atoms with E-state index in [-0.39, 0.29) is 11.9 Å². The maximum atomic E-state index is 14.0. The number of halogens is 2. The second kappa shape index (κ2) is 6.87. The Morgan fingerprint density at radius 1 is 1.10 bits per heavy atom. The predicted octanol–water partition coefficient (Wildman–Crippen LogP) is 4.54. The molecule has 0 saturated carbocycles. The van der Waals surface area contributed by atoms with Gasteiger partial charge in [0.25, 0.3) is 0 Å². The third-order valence-electron chi connectivity index (χ3n) is 3.57. The molecule has 1 nitrogen and oxygen atoms in total. The van der Waals surface area contributed by atoms with Crippen molar-refractivity contribution < 1.29 is 4.39 Å². The highest BCUT2D eigenvalue weighted by molar-refractivity contribution is 6.31. The van der Waals surface area contributed by atoms with Crippen LogP contribution in [0.25, 0.3) is 0 Å². The van der Waals surface area contributed by atoms with E-state index in [2.05, 4.69) is 36.5 Å². The number of hydrogen-bond donors (Lipinski definition) is 1. The zero-order chi connectivity index (χ0) is 14.5. The Morgan fingerprint density at radius 2 is 1.75 bits per heavy atom. The zero-order valence-corrected chi connectivity index (χ0v) is 12.5. The van der Waals surface area contributed by atoms with Crippen molar-refractivity contribution in [1.82, 2.24) is 5.32 Å². The number of likely N-dealkylation sites (N-methyl/N-ethyl adjacent to an activating group) is 1. The minimum absolute atomic E-state index is 0.129. The summed E-state index contributed by atoms with van der Waals surface area (Å²) in [4.78, 5) is 0. The van der Waals surface area contributed by atoms with Crippen LogP contribution in [-0.2, 0) is 12.8 Å². The molecule has 0 aromatic heterocycles. The van der Waals surface area contributed by atoms with Gasteiger partial charge in [-0.3, -0.25) is 0 Å². The van der Waals surface area contributed by atoms with Crippen molar-refractivity contribution >= 4 is 11.6 Å². The first kappa shape index (κ1) is 15.0. The quantitative estimate of drug-likeness (QED) is 0.852. The van der Waals surface area contributed by atoms with Crippen molar-refractivity contribution in [1.29, 1.82) is 0 Å². The highest BCUT2D eigenvalue weighted by atomic mass is 35.5. The topological polar surface area (TPSA) is 12.0 Å². The fourth-order valence-electron chi connectivity index (χ4n) is 2.34. The Balaban J connectivity index is 2.24. The van der Waals surface area contributed by atoms with Gasteiger partial charge >= 0.3 is 0 Å². The lowest BCUT2D eigenvalue weighted by atomic mass is 9.97. The van der Waals surface area contributed by atoms with Gasteiger partial charge in [0.05, 0.1) is 0 Å². The van der Waals surface area contributed by atoms with E-state index < -0.39 is 0 Å². The molecule has 1 unspecified atom stereocenters. The molecule has 2 aromatic rings. The fourth-order valence-corrected chi connectivity index (χ4v) is 2.63. The Hall–Kier alpha value is -1.38. The first-order valence-electron chi connectivity index (χ1n) is 6.84. The highest BCUT2D eigenvalue weighted by Gasteiger charge is 2.17. The van der Waals surface area contributed by atoms with Crippen LogP contribution in [0.15, 0.2) is 42.5 Å². The van der Waals surface area contributed by atoms with E-state index in [1.54, 1.807) is 12.1 Å². The zero-order valence-electron chi connectivity index (χ0n) is 11.8. The molecule has 0 bridgehead atoms. The molecule has 2 aromatic carbocycles. The molecule has 0 heterocycles. The maximum Gasteiger partial charge on any atom is 0.129 e. The number of rotatable bonds is 5. The molecule has 3 heteroatoms. The molecule has 0 aliphatic carbocycles. The number of aryl methyl sites for hydroxylation is 1. The van der Waals surface area contributed by atoms with Gasteiger partial charge in [0.1, 0.15) is 5.82 Å². The van der Waals surface area contributed by atoms with Crippen LogP contribution in [0.5, 0.6) is 0 Å². The van der Waals surface area contributed by atoms with Crippen molar-refractivity contribution in [2.75, 3.05) is 7.05 Å². The van der Waals surface area contributed by atoms with E-state index in [0.717, 1.165) is 6.42 Å². The molecular weight excluding hydrogens is 273 g/mol. The monoisotopic (exact) mass is 291 g/mol. The summed E-state index contributed by atoms with van der Waals surface area (Å²) in [5, 5.41) is 3.62. The molecule has 0 saturated heterocycles. The molecule has 0 aliphatic heterocycles.